The van der Waals surface area contributed by atoms with Gasteiger partial charge in [-0.1, -0.05) is 56.8 Å². The molecule has 0 N–H and O–H groups in total. The van der Waals surface area contributed by atoms with Gasteiger partial charge in [-0.2, -0.15) is 5.10 Å². The Hall–Kier alpha value is -1.75. The van der Waals surface area contributed by atoms with Gasteiger partial charge in [0, 0.05) is 16.9 Å². The predicted molar refractivity (Wildman–Crippen MR) is 102 cm³/mol. The molecule has 3 aliphatic rings. The van der Waals surface area contributed by atoms with Crippen LogP contribution in [-0.2, 0) is 11.8 Å². The Balaban J connectivity index is 1.45. The quantitative estimate of drug-likeness (QED) is 0.792. The summed E-state index contributed by atoms with van der Waals surface area (Å²) in [6, 6.07) is 7.94. The highest BCUT2D eigenvalue weighted by Gasteiger charge is 2.61. The van der Waals surface area contributed by atoms with Crippen molar-refractivity contribution in [1.29, 1.82) is 0 Å². The average Bonchev–Trinajstić information content (AvgIpc) is 2.97. The predicted octanol–water partition coefficient (Wildman–Crippen LogP) is 4.34. The van der Waals surface area contributed by atoms with E-state index in [1.54, 1.807) is 0 Å². The van der Waals surface area contributed by atoms with E-state index >= 15 is 0 Å². The van der Waals surface area contributed by atoms with E-state index in [1.807, 2.05) is 18.2 Å². The van der Waals surface area contributed by atoms with Crippen molar-refractivity contribution in [2.24, 2.45) is 5.41 Å². The second kappa shape index (κ2) is 5.38. The number of carbonyl (C=O) groups excluding carboxylic acids is 1. The maximum atomic E-state index is 12.9. The lowest BCUT2D eigenvalue weighted by atomic mass is 9.70. The minimum Gasteiger partial charge on any atom is -0.293 e. The van der Waals surface area contributed by atoms with E-state index in [4.69, 9.17) is 4.98 Å². The van der Waals surface area contributed by atoms with Crippen LogP contribution < -0.4 is 0 Å². The molecule has 1 aromatic heterocycles. The van der Waals surface area contributed by atoms with Crippen LogP contribution in [0.3, 0.4) is 0 Å². The summed E-state index contributed by atoms with van der Waals surface area (Å²) in [5, 5.41) is 9.52. The van der Waals surface area contributed by atoms with Crippen LogP contribution in [0.1, 0.15) is 73.3 Å². The van der Waals surface area contributed by atoms with Gasteiger partial charge >= 0.3 is 0 Å². The first-order valence-electron chi connectivity index (χ1n) is 9.46. The first-order valence-corrected chi connectivity index (χ1v) is 10.3. The summed E-state index contributed by atoms with van der Waals surface area (Å²) < 4.78 is 0. The Labute approximate surface area is 158 Å². The van der Waals surface area contributed by atoms with Crippen molar-refractivity contribution in [1.82, 2.24) is 15.2 Å². The molecule has 2 aromatic rings. The van der Waals surface area contributed by atoms with Gasteiger partial charge in [0.2, 0.25) is 5.16 Å². The van der Waals surface area contributed by atoms with Gasteiger partial charge < -0.3 is 0 Å². The number of hydrogen-bond acceptors (Lipinski definition) is 5. The number of hydrogen-bond donors (Lipinski definition) is 0. The molecule has 1 saturated carbocycles. The number of nitrogens with zero attached hydrogens (tertiary/aromatic N) is 3. The van der Waals surface area contributed by atoms with Gasteiger partial charge in [0.15, 0.2) is 5.78 Å². The smallest absolute Gasteiger partial charge is 0.210 e. The summed E-state index contributed by atoms with van der Waals surface area (Å²) in [5.41, 5.74) is 4.49. The Morgan fingerprint density at radius 3 is 2.77 bits per heavy atom. The molecule has 1 aromatic carbocycles. The molecule has 134 valence electrons. The van der Waals surface area contributed by atoms with E-state index in [1.165, 1.54) is 18.2 Å². The second-order valence-electron chi connectivity index (χ2n) is 8.64. The molecule has 1 fully saturated rings. The Bertz CT molecular complexity index is 925. The van der Waals surface area contributed by atoms with Gasteiger partial charge in [-0.05, 0) is 36.7 Å². The van der Waals surface area contributed by atoms with Gasteiger partial charge in [-0.25, -0.2) is 4.98 Å². The third-order valence-electron chi connectivity index (χ3n) is 7.27. The van der Waals surface area contributed by atoms with E-state index in [9.17, 15) is 4.79 Å². The molecular formula is C21H23N3OS. The highest BCUT2D eigenvalue weighted by atomic mass is 32.2. The normalized spacial score (nSPS) is 31.0. The lowest BCUT2D eigenvalue weighted by molar-refractivity contribution is 0.0979. The SMILES string of the molecule is CC1(C)[C@H]2CC[C@]1(C)c1nc(S[C@@H]3CCc4ccccc4C3=O)nnc12. The van der Waals surface area contributed by atoms with Crippen LogP contribution in [0, 0.1) is 5.41 Å². The molecule has 0 aliphatic heterocycles. The fraction of sp³-hybridized carbons (Fsp3) is 0.524. The third kappa shape index (κ3) is 2.04. The fourth-order valence-electron chi connectivity index (χ4n) is 5.22. The molecular weight excluding hydrogens is 342 g/mol. The number of Topliss-reactive ketones (excluding diaryl/α,β-unsaturated/α-hetero) is 1. The van der Waals surface area contributed by atoms with Crippen molar-refractivity contribution in [3.05, 3.63) is 46.8 Å². The molecule has 5 rings (SSSR count). The van der Waals surface area contributed by atoms with Crippen molar-refractivity contribution < 1.29 is 4.79 Å². The summed E-state index contributed by atoms with van der Waals surface area (Å²) in [4.78, 5) is 17.8. The monoisotopic (exact) mass is 365 g/mol. The first-order chi connectivity index (χ1) is 12.4. The fourth-order valence-corrected chi connectivity index (χ4v) is 6.18. The minimum absolute atomic E-state index is 0.0709. The summed E-state index contributed by atoms with van der Waals surface area (Å²) in [6.07, 6.45) is 4.12. The van der Waals surface area contributed by atoms with E-state index in [2.05, 4.69) is 37.0 Å². The van der Waals surface area contributed by atoms with Crippen LogP contribution >= 0.6 is 11.8 Å². The first kappa shape index (κ1) is 16.4. The highest BCUT2D eigenvalue weighted by Crippen LogP contribution is 2.66. The van der Waals surface area contributed by atoms with Gasteiger partial charge in [0.1, 0.15) is 0 Å². The molecule has 0 saturated heterocycles. The summed E-state index contributed by atoms with van der Waals surface area (Å²) in [6.45, 7) is 6.99. The van der Waals surface area contributed by atoms with Crippen LogP contribution in [0.4, 0.5) is 0 Å². The zero-order chi connectivity index (χ0) is 18.1. The molecule has 2 bridgehead atoms. The zero-order valence-corrected chi connectivity index (χ0v) is 16.3. The molecule has 0 amide bonds. The molecule has 1 heterocycles. The van der Waals surface area contributed by atoms with Crippen LogP contribution in [0.5, 0.6) is 0 Å². The number of aromatic nitrogens is 3. The minimum atomic E-state index is -0.107. The maximum absolute atomic E-state index is 12.9. The van der Waals surface area contributed by atoms with Gasteiger partial charge in [-0.3, -0.25) is 4.79 Å². The molecule has 0 radical (unpaired) electrons. The Morgan fingerprint density at radius 1 is 1.12 bits per heavy atom. The van der Waals surface area contributed by atoms with Crippen LogP contribution in [0.25, 0.3) is 0 Å². The molecule has 0 spiro atoms. The second-order valence-corrected chi connectivity index (χ2v) is 9.81. The average molecular weight is 366 g/mol. The third-order valence-corrected chi connectivity index (χ3v) is 8.39. The number of carbonyl (C=O) groups is 1. The van der Waals surface area contributed by atoms with E-state index in [0.717, 1.165) is 41.8 Å². The van der Waals surface area contributed by atoms with Crippen LogP contribution in [0.15, 0.2) is 29.4 Å². The van der Waals surface area contributed by atoms with E-state index < -0.39 is 0 Å². The van der Waals surface area contributed by atoms with Gasteiger partial charge in [0.25, 0.3) is 0 Å². The lowest BCUT2D eigenvalue weighted by Crippen LogP contribution is -2.32. The number of fused-ring (bicyclic) bond motifs is 6. The number of thioether (sulfide) groups is 1. The van der Waals surface area contributed by atoms with Crippen molar-refractivity contribution in [2.45, 2.75) is 68.2 Å². The molecule has 0 unspecified atom stereocenters. The Kier molecular flexibility index (Phi) is 3.40. The lowest BCUT2D eigenvalue weighted by Gasteiger charge is -2.34. The molecule has 4 nitrogen and oxygen atoms in total. The highest BCUT2D eigenvalue weighted by molar-refractivity contribution is 8.00. The van der Waals surface area contributed by atoms with Gasteiger partial charge in [-0.15, -0.1) is 5.10 Å². The Morgan fingerprint density at radius 2 is 1.92 bits per heavy atom. The number of ketones is 1. The largest absolute Gasteiger partial charge is 0.293 e. The standard InChI is InChI=1S/C21H23N3OS/c1-20(2)14-10-11-21(20,3)18-16(14)23-24-19(22-18)26-15-9-8-12-6-4-5-7-13(12)17(15)25/h4-7,14-15H,8-11H2,1-3H3/t14-,15+,21+/m0/s1. The summed E-state index contributed by atoms with van der Waals surface area (Å²) in [5.74, 6) is 0.666. The van der Waals surface area contributed by atoms with Crippen LogP contribution in [0.2, 0.25) is 0 Å². The number of aryl methyl sites for hydroxylation is 1. The molecule has 26 heavy (non-hydrogen) atoms. The van der Waals surface area contributed by atoms with Crippen molar-refractivity contribution in [2.75, 3.05) is 0 Å². The van der Waals surface area contributed by atoms with Crippen molar-refractivity contribution in [3.8, 4) is 0 Å². The molecule has 3 atom stereocenters. The zero-order valence-electron chi connectivity index (χ0n) is 15.5. The van der Waals surface area contributed by atoms with Crippen molar-refractivity contribution in [3.63, 3.8) is 0 Å². The van der Waals surface area contributed by atoms with E-state index in [-0.39, 0.29) is 21.9 Å². The maximum Gasteiger partial charge on any atom is 0.210 e. The summed E-state index contributed by atoms with van der Waals surface area (Å²) >= 11 is 1.49. The molecule has 3 aliphatic carbocycles. The number of rotatable bonds is 2. The van der Waals surface area contributed by atoms with Gasteiger partial charge in [0.05, 0.1) is 16.6 Å². The number of benzene rings is 1. The van der Waals surface area contributed by atoms with E-state index in [0.29, 0.717) is 11.1 Å². The summed E-state index contributed by atoms with van der Waals surface area (Å²) in [7, 11) is 0. The van der Waals surface area contributed by atoms with Crippen molar-refractivity contribution >= 4 is 17.5 Å². The topological polar surface area (TPSA) is 55.7 Å². The molecule has 5 heteroatoms. The van der Waals surface area contributed by atoms with Crippen LogP contribution in [-0.4, -0.2) is 26.2 Å².